The number of rotatable bonds is 5. The van der Waals surface area contributed by atoms with E-state index < -0.39 is 29.8 Å². The molecule has 0 radical (unpaired) electrons. The van der Waals surface area contributed by atoms with Gasteiger partial charge in [0.1, 0.15) is 17.0 Å². The highest BCUT2D eigenvalue weighted by Crippen LogP contribution is 2.26. The zero-order valence-electron chi connectivity index (χ0n) is 12.9. The fraction of sp³-hybridized carbons (Fsp3) is 0.188. The molecule has 0 fully saturated rings. The summed E-state index contributed by atoms with van der Waals surface area (Å²) in [5.74, 6) is -1.65. The molecular weight excluding hydrogens is 354 g/mol. The highest BCUT2D eigenvalue weighted by molar-refractivity contribution is 6.30. The third-order valence-corrected chi connectivity index (χ3v) is 3.69. The number of nitrogens with one attached hydrogen (secondary N) is 2. The summed E-state index contributed by atoms with van der Waals surface area (Å²) in [7, 11) is 0. The summed E-state index contributed by atoms with van der Waals surface area (Å²) in [5.41, 5.74) is 0.242. The predicted molar refractivity (Wildman–Crippen MR) is 87.3 cm³/mol. The lowest BCUT2D eigenvalue weighted by molar-refractivity contribution is 0.189. The molecule has 1 aromatic carbocycles. The molecule has 3 N–H and O–H groups in total. The number of hydrogen-bond donors (Lipinski definition) is 3. The van der Waals surface area contributed by atoms with E-state index in [2.05, 4.69) is 15.6 Å². The molecule has 0 saturated heterocycles. The number of benzene rings is 1. The third-order valence-electron chi connectivity index (χ3n) is 3.40. The first-order chi connectivity index (χ1) is 11.8. The minimum atomic E-state index is -1.29. The molecule has 6 nitrogen and oxygen atoms in total. The average molecular weight is 367 g/mol. The minimum absolute atomic E-state index is 0.135. The van der Waals surface area contributed by atoms with Crippen LogP contribution in [0.2, 0.25) is 5.15 Å². The van der Waals surface area contributed by atoms with Gasteiger partial charge in [-0.3, -0.25) is 0 Å². The molecule has 0 unspecified atom stereocenters. The van der Waals surface area contributed by atoms with E-state index in [-0.39, 0.29) is 16.5 Å². The lowest BCUT2D eigenvalue weighted by Gasteiger charge is -2.26. The van der Waals surface area contributed by atoms with E-state index in [0.717, 1.165) is 6.07 Å². The number of pyridine rings is 1. The minimum Gasteiger partial charge on any atom is -0.465 e. The number of halogens is 3. The van der Waals surface area contributed by atoms with E-state index in [1.807, 2.05) is 0 Å². The molecule has 2 aromatic rings. The van der Waals surface area contributed by atoms with Gasteiger partial charge in [-0.15, -0.1) is 0 Å². The summed E-state index contributed by atoms with van der Waals surface area (Å²) in [4.78, 5) is 14.7. The van der Waals surface area contributed by atoms with Gasteiger partial charge in [-0.25, -0.2) is 18.6 Å². The normalized spacial score (nSPS) is 12.8. The summed E-state index contributed by atoms with van der Waals surface area (Å²) >= 11 is 5.81. The van der Waals surface area contributed by atoms with Crippen molar-refractivity contribution in [2.24, 2.45) is 0 Å². The standard InChI is InChI=1S/C16H13ClF2N4O2/c1-8(21-16(24)25)13(9-3-2-4-11(18)5-9)22-15-12(19)6-10(7-20)14(17)23-15/h2-6,8,13,21H,1H3,(H,22,23)(H,24,25)/t8-,13-/m0/s1. The molecule has 1 aromatic heterocycles. The number of anilines is 1. The Hall–Kier alpha value is -2.92. The Morgan fingerprint density at radius 1 is 1.40 bits per heavy atom. The molecule has 0 aliphatic rings. The highest BCUT2D eigenvalue weighted by atomic mass is 35.5. The third kappa shape index (κ3) is 4.55. The van der Waals surface area contributed by atoms with Crippen LogP contribution in [-0.2, 0) is 0 Å². The Morgan fingerprint density at radius 2 is 2.12 bits per heavy atom. The molecule has 0 bridgehead atoms. The van der Waals surface area contributed by atoms with Gasteiger partial charge < -0.3 is 15.7 Å². The number of hydrogen-bond acceptors (Lipinski definition) is 4. The maximum atomic E-state index is 14.2. The van der Waals surface area contributed by atoms with E-state index in [0.29, 0.717) is 5.56 Å². The SMILES string of the molecule is C[C@H](NC(=O)O)[C@H](Nc1nc(Cl)c(C#N)cc1F)c1cccc(F)c1. The average Bonchev–Trinajstić information content (AvgIpc) is 2.54. The van der Waals surface area contributed by atoms with E-state index in [1.54, 1.807) is 12.1 Å². The molecule has 9 heteroatoms. The van der Waals surface area contributed by atoms with Crippen molar-refractivity contribution in [3.05, 3.63) is 58.2 Å². The molecule has 1 heterocycles. The maximum Gasteiger partial charge on any atom is 0.404 e. The Kier molecular flexibility index (Phi) is 5.72. The molecule has 0 saturated carbocycles. The number of carboxylic acid groups (broad SMARTS) is 1. The van der Waals surface area contributed by atoms with Crippen molar-refractivity contribution in [1.82, 2.24) is 10.3 Å². The summed E-state index contributed by atoms with van der Waals surface area (Å²) < 4.78 is 27.7. The van der Waals surface area contributed by atoms with E-state index >= 15 is 0 Å². The second-order valence-electron chi connectivity index (χ2n) is 5.18. The lowest BCUT2D eigenvalue weighted by atomic mass is 10.00. The van der Waals surface area contributed by atoms with Crippen LogP contribution in [0.25, 0.3) is 0 Å². The van der Waals surface area contributed by atoms with Crippen LogP contribution < -0.4 is 10.6 Å². The van der Waals surface area contributed by atoms with Crippen LogP contribution in [0.1, 0.15) is 24.1 Å². The second kappa shape index (κ2) is 7.77. The largest absolute Gasteiger partial charge is 0.465 e. The first-order valence-electron chi connectivity index (χ1n) is 7.09. The Bertz CT molecular complexity index is 841. The summed E-state index contributed by atoms with van der Waals surface area (Å²) in [6.45, 7) is 1.53. The molecule has 0 aliphatic carbocycles. The van der Waals surface area contributed by atoms with Gasteiger partial charge in [-0.1, -0.05) is 23.7 Å². The maximum absolute atomic E-state index is 14.2. The van der Waals surface area contributed by atoms with Crippen LogP contribution in [0.4, 0.5) is 19.4 Å². The van der Waals surface area contributed by atoms with E-state index in [9.17, 15) is 13.6 Å². The van der Waals surface area contributed by atoms with Crippen LogP contribution in [0.15, 0.2) is 30.3 Å². The molecule has 130 valence electrons. The van der Waals surface area contributed by atoms with Crippen molar-refractivity contribution in [3.8, 4) is 6.07 Å². The van der Waals surface area contributed by atoms with Crippen LogP contribution >= 0.6 is 11.6 Å². The van der Waals surface area contributed by atoms with Gasteiger partial charge in [-0.2, -0.15) is 5.26 Å². The first-order valence-corrected chi connectivity index (χ1v) is 7.47. The Balaban J connectivity index is 2.41. The number of aromatic nitrogens is 1. The van der Waals surface area contributed by atoms with Crippen molar-refractivity contribution in [2.75, 3.05) is 5.32 Å². The fourth-order valence-electron chi connectivity index (χ4n) is 2.27. The Labute approximate surface area is 147 Å². The number of nitrogens with zero attached hydrogens (tertiary/aromatic N) is 2. The van der Waals surface area contributed by atoms with Gasteiger partial charge in [0, 0.05) is 0 Å². The summed E-state index contributed by atoms with van der Waals surface area (Å²) in [6.07, 6.45) is -1.29. The van der Waals surface area contributed by atoms with Gasteiger partial charge in [0.05, 0.1) is 17.6 Å². The van der Waals surface area contributed by atoms with Crippen LogP contribution in [0.3, 0.4) is 0 Å². The van der Waals surface area contributed by atoms with E-state index in [1.165, 1.54) is 25.1 Å². The van der Waals surface area contributed by atoms with Crippen LogP contribution in [0.5, 0.6) is 0 Å². The molecule has 1 amide bonds. The number of nitriles is 1. The first kappa shape index (κ1) is 18.4. The van der Waals surface area contributed by atoms with Gasteiger partial charge in [0.2, 0.25) is 0 Å². The topological polar surface area (TPSA) is 98.0 Å². The lowest BCUT2D eigenvalue weighted by Crippen LogP contribution is -2.39. The van der Waals surface area contributed by atoms with Gasteiger partial charge in [0.15, 0.2) is 11.6 Å². The summed E-state index contributed by atoms with van der Waals surface area (Å²) in [6, 6.07) is 6.46. The van der Waals surface area contributed by atoms with Gasteiger partial charge >= 0.3 is 6.09 Å². The predicted octanol–water partition coefficient (Wildman–Crippen LogP) is 3.69. The summed E-state index contributed by atoms with van der Waals surface area (Å²) in [5, 5.41) is 22.5. The molecule has 0 spiro atoms. The van der Waals surface area contributed by atoms with Crippen molar-refractivity contribution < 1.29 is 18.7 Å². The Morgan fingerprint density at radius 3 is 2.72 bits per heavy atom. The van der Waals surface area contributed by atoms with Crippen LogP contribution in [-0.4, -0.2) is 22.2 Å². The number of amides is 1. The molecule has 0 aliphatic heterocycles. The van der Waals surface area contributed by atoms with Crippen molar-refractivity contribution in [1.29, 1.82) is 5.26 Å². The molecule has 2 atom stereocenters. The molecular formula is C16H13ClF2N4O2. The van der Waals surface area contributed by atoms with Gasteiger partial charge in [0.25, 0.3) is 0 Å². The zero-order chi connectivity index (χ0) is 18.6. The van der Waals surface area contributed by atoms with Gasteiger partial charge in [-0.05, 0) is 30.7 Å². The smallest absolute Gasteiger partial charge is 0.404 e. The zero-order valence-corrected chi connectivity index (χ0v) is 13.7. The van der Waals surface area contributed by atoms with Crippen molar-refractivity contribution in [2.45, 2.75) is 19.0 Å². The molecule has 25 heavy (non-hydrogen) atoms. The van der Waals surface area contributed by atoms with Crippen molar-refractivity contribution in [3.63, 3.8) is 0 Å². The van der Waals surface area contributed by atoms with Crippen molar-refractivity contribution >= 4 is 23.5 Å². The number of carbonyl (C=O) groups is 1. The fourth-order valence-corrected chi connectivity index (χ4v) is 2.45. The highest BCUT2D eigenvalue weighted by Gasteiger charge is 2.24. The van der Waals surface area contributed by atoms with E-state index in [4.69, 9.17) is 22.0 Å². The quantitative estimate of drug-likeness (QED) is 0.701. The molecule has 2 rings (SSSR count). The second-order valence-corrected chi connectivity index (χ2v) is 5.54. The monoisotopic (exact) mass is 366 g/mol. The van der Waals surface area contributed by atoms with Crippen LogP contribution in [0, 0.1) is 23.0 Å².